The predicted octanol–water partition coefficient (Wildman–Crippen LogP) is 4.06. The third-order valence-electron chi connectivity index (χ3n) is 4.25. The van der Waals surface area contributed by atoms with E-state index in [9.17, 15) is 14.4 Å². The molecule has 0 saturated heterocycles. The number of hydrogen-bond acceptors (Lipinski definition) is 6. The SMILES string of the molecule is CCOC(=O)c1cc(O[C@H](C)C(=O)Nc2ccc(C)cc2C)cc(C(=O)OCC)c1. The van der Waals surface area contributed by atoms with Crippen LogP contribution in [-0.2, 0) is 14.3 Å². The largest absolute Gasteiger partial charge is 0.481 e. The molecular weight excluding hydrogens is 386 g/mol. The maximum atomic E-state index is 12.6. The Bertz CT molecular complexity index is 901. The summed E-state index contributed by atoms with van der Waals surface area (Å²) < 4.78 is 15.7. The highest BCUT2D eigenvalue weighted by Crippen LogP contribution is 2.22. The number of aryl methyl sites for hydroxylation is 2. The Morgan fingerprint density at radius 2 is 1.47 bits per heavy atom. The van der Waals surface area contributed by atoms with Crippen LogP contribution in [0.2, 0.25) is 0 Å². The lowest BCUT2D eigenvalue weighted by Gasteiger charge is -2.17. The van der Waals surface area contributed by atoms with E-state index in [1.807, 2.05) is 32.0 Å². The Labute approximate surface area is 176 Å². The highest BCUT2D eigenvalue weighted by Gasteiger charge is 2.20. The zero-order valence-corrected chi connectivity index (χ0v) is 17.9. The van der Waals surface area contributed by atoms with Gasteiger partial charge >= 0.3 is 11.9 Å². The minimum absolute atomic E-state index is 0.138. The van der Waals surface area contributed by atoms with Crippen LogP contribution in [0, 0.1) is 13.8 Å². The quantitative estimate of drug-likeness (QED) is 0.656. The molecule has 0 aliphatic rings. The molecule has 0 aromatic heterocycles. The molecule has 1 amide bonds. The van der Waals surface area contributed by atoms with Gasteiger partial charge in [0.05, 0.1) is 24.3 Å². The van der Waals surface area contributed by atoms with Crippen molar-refractivity contribution in [3.63, 3.8) is 0 Å². The summed E-state index contributed by atoms with van der Waals surface area (Å²) in [5, 5.41) is 2.83. The van der Waals surface area contributed by atoms with E-state index in [-0.39, 0.29) is 36.0 Å². The highest BCUT2D eigenvalue weighted by atomic mass is 16.5. The van der Waals surface area contributed by atoms with Gasteiger partial charge in [0.2, 0.25) is 0 Å². The maximum Gasteiger partial charge on any atom is 0.338 e. The van der Waals surface area contributed by atoms with Gasteiger partial charge in [0.15, 0.2) is 6.10 Å². The van der Waals surface area contributed by atoms with Crippen LogP contribution in [0.25, 0.3) is 0 Å². The summed E-state index contributed by atoms with van der Waals surface area (Å²) in [6.45, 7) is 9.21. The van der Waals surface area contributed by atoms with Crippen LogP contribution >= 0.6 is 0 Å². The molecule has 2 rings (SSSR count). The third-order valence-corrected chi connectivity index (χ3v) is 4.25. The molecule has 2 aromatic carbocycles. The Kier molecular flexibility index (Phi) is 7.98. The molecule has 7 heteroatoms. The topological polar surface area (TPSA) is 90.9 Å². The average molecular weight is 413 g/mol. The van der Waals surface area contributed by atoms with Crippen molar-refractivity contribution in [2.24, 2.45) is 0 Å². The van der Waals surface area contributed by atoms with Crippen molar-refractivity contribution in [3.05, 3.63) is 58.7 Å². The second kappa shape index (κ2) is 10.4. The van der Waals surface area contributed by atoms with E-state index in [0.717, 1.165) is 11.1 Å². The molecule has 0 unspecified atom stereocenters. The van der Waals surface area contributed by atoms with Gasteiger partial charge in [0, 0.05) is 5.69 Å². The van der Waals surface area contributed by atoms with Crippen molar-refractivity contribution in [2.45, 2.75) is 40.7 Å². The first-order chi connectivity index (χ1) is 14.2. The summed E-state index contributed by atoms with van der Waals surface area (Å²) in [5.41, 5.74) is 2.99. The molecule has 0 aliphatic heterocycles. The molecule has 160 valence electrons. The lowest BCUT2D eigenvalue weighted by atomic mass is 10.1. The summed E-state index contributed by atoms with van der Waals surface area (Å²) in [7, 11) is 0. The van der Waals surface area contributed by atoms with E-state index in [1.165, 1.54) is 18.2 Å². The number of benzene rings is 2. The number of esters is 2. The van der Waals surface area contributed by atoms with Gasteiger partial charge in [-0.15, -0.1) is 0 Å². The van der Waals surface area contributed by atoms with Gasteiger partial charge in [-0.2, -0.15) is 0 Å². The number of ether oxygens (including phenoxy) is 3. The second-order valence-electron chi connectivity index (χ2n) is 6.75. The molecule has 1 atom stereocenters. The fourth-order valence-corrected chi connectivity index (χ4v) is 2.78. The van der Waals surface area contributed by atoms with Gasteiger partial charge in [-0.25, -0.2) is 9.59 Å². The Morgan fingerprint density at radius 3 is 1.97 bits per heavy atom. The van der Waals surface area contributed by atoms with Crippen LogP contribution in [0.4, 0.5) is 5.69 Å². The summed E-state index contributed by atoms with van der Waals surface area (Å²) in [5.74, 6) is -1.37. The molecule has 2 aromatic rings. The summed E-state index contributed by atoms with van der Waals surface area (Å²) in [4.78, 5) is 36.9. The lowest BCUT2D eigenvalue weighted by molar-refractivity contribution is -0.122. The zero-order valence-electron chi connectivity index (χ0n) is 17.9. The molecule has 0 bridgehead atoms. The molecule has 0 radical (unpaired) electrons. The van der Waals surface area contributed by atoms with E-state index in [2.05, 4.69) is 5.32 Å². The van der Waals surface area contributed by atoms with E-state index in [4.69, 9.17) is 14.2 Å². The Hall–Kier alpha value is -3.35. The minimum Gasteiger partial charge on any atom is -0.481 e. The Balaban J connectivity index is 2.22. The number of nitrogens with one attached hydrogen (secondary N) is 1. The highest BCUT2D eigenvalue weighted by molar-refractivity contribution is 5.97. The van der Waals surface area contributed by atoms with E-state index < -0.39 is 18.0 Å². The van der Waals surface area contributed by atoms with Gasteiger partial charge in [-0.3, -0.25) is 4.79 Å². The van der Waals surface area contributed by atoms with Crippen LogP contribution < -0.4 is 10.1 Å². The van der Waals surface area contributed by atoms with Crippen LogP contribution in [0.5, 0.6) is 5.75 Å². The number of carbonyl (C=O) groups is 3. The van der Waals surface area contributed by atoms with Crippen molar-refractivity contribution < 1.29 is 28.6 Å². The van der Waals surface area contributed by atoms with Crippen molar-refractivity contribution >= 4 is 23.5 Å². The molecule has 30 heavy (non-hydrogen) atoms. The number of amides is 1. The van der Waals surface area contributed by atoms with Crippen LogP contribution in [0.1, 0.15) is 52.6 Å². The molecule has 0 saturated carbocycles. The maximum absolute atomic E-state index is 12.6. The number of rotatable bonds is 8. The fourth-order valence-electron chi connectivity index (χ4n) is 2.78. The fraction of sp³-hybridized carbons (Fsp3) is 0.348. The first-order valence-electron chi connectivity index (χ1n) is 9.79. The number of hydrogen-bond donors (Lipinski definition) is 1. The monoisotopic (exact) mass is 413 g/mol. The normalized spacial score (nSPS) is 11.4. The minimum atomic E-state index is -0.877. The molecule has 0 aliphatic carbocycles. The van der Waals surface area contributed by atoms with Crippen molar-refractivity contribution in [2.75, 3.05) is 18.5 Å². The molecule has 0 heterocycles. The first kappa shape index (κ1) is 22.9. The third kappa shape index (κ3) is 6.07. The van der Waals surface area contributed by atoms with Gasteiger partial charge in [-0.05, 0) is 64.4 Å². The Morgan fingerprint density at radius 1 is 0.900 bits per heavy atom. The van der Waals surface area contributed by atoms with Crippen LogP contribution in [0.3, 0.4) is 0 Å². The van der Waals surface area contributed by atoms with Crippen LogP contribution in [0.15, 0.2) is 36.4 Å². The first-order valence-corrected chi connectivity index (χ1v) is 9.79. The standard InChI is InChI=1S/C23H27NO6/c1-6-28-22(26)17-11-18(23(27)29-7-2)13-19(12-17)30-16(5)21(25)24-20-9-8-14(3)10-15(20)4/h8-13,16H,6-7H2,1-5H3,(H,24,25)/t16-/m1/s1. The predicted molar refractivity (Wildman–Crippen MR) is 113 cm³/mol. The summed E-state index contributed by atoms with van der Waals surface area (Å²) in [6.07, 6.45) is -0.877. The van der Waals surface area contributed by atoms with E-state index in [0.29, 0.717) is 5.69 Å². The van der Waals surface area contributed by atoms with Gasteiger partial charge < -0.3 is 19.5 Å². The zero-order chi connectivity index (χ0) is 22.3. The summed E-state index contributed by atoms with van der Waals surface area (Å²) >= 11 is 0. The molecule has 7 nitrogen and oxygen atoms in total. The van der Waals surface area contributed by atoms with Crippen molar-refractivity contribution in [1.29, 1.82) is 0 Å². The van der Waals surface area contributed by atoms with E-state index in [1.54, 1.807) is 20.8 Å². The van der Waals surface area contributed by atoms with Gasteiger partial charge in [0.25, 0.3) is 5.91 Å². The number of anilines is 1. The van der Waals surface area contributed by atoms with E-state index >= 15 is 0 Å². The molecule has 0 fully saturated rings. The van der Waals surface area contributed by atoms with Gasteiger partial charge in [0.1, 0.15) is 5.75 Å². The van der Waals surface area contributed by atoms with Gasteiger partial charge in [-0.1, -0.05) is 17.7 Å². The second-order valence-corrected chi connectivity index (χ2v) is 6.75. The van der Waals surface area contributed by atoms with Crippen molar-refractivity contribution in [1.82, 2.24) is 0 Å². The molecule has 1 N–H and O–H groups in total. The van der Waals surface area contributed by atoms with Crippen LogP contribution in [-0.4, -0.2) is 37.2 Å². The molecule has 0 spiro atoms. The molecular formula is C23H27NO6. The lowest BCUT2D eigenvalue weighted by Crippen LogP contribution is -2.30. The summed E-state index contributed by atoms with van der Waals surface area (Å²) in [6, 6.07) is 9.94. The average Bonchev–Trinajstić information content (AvgIpc) is 2.70. The number of carbonyl (C=O) groups excluding carboxylic acids is 3. The smallest absolute Gasteiger partial charge is 0.338 e. The van der Waals surface area contributed by atoms with Crippen molar-refractivity contribution in [3.8, 4) is 5.75 Å².